The van der Waals surface area contributed by atoms with Gasteiger partial charge in [-0.1, -0.05) is 44.5 Å². The van der Waals surface area contributed by atoms with E-state index >= 15 is 0 Å². The Bertz CT molecular complexity index is 786. The summed E-state index contributed by atoms with van der Waals surface area (Å²) in [5.74, 6) is 0. The predicted molar refractivity (Wildman–Crippen MR) is 116 cm³/mol. The third kappa shape index (κ3) is 3.47. The van der Waals surface area contributed by atoms with Crippen LogP contribution in [0.25, 0.3) is 0 Å². The summed E-state index contributed by atoms with van der Waals surface area (Å²) in [6.45, 7) is 18.2. The molecule has 2 fully saturated rings. The Morgan fingerprint density at radius 2 is 1.76 bits per heavy atom. The van der Waals surface area contributed by atoms with E-state index in [0.717, 1.165) is 16.6 Å². The van der Waals surface area contributed by atoms with Crippen molar-refractivity contribution in [1.82, 2.24) is 10.2 Å². The average Bonchev–Trinajstić information content (AvgIpc) is 2.80. The molecule has 1 amide bonds. The molecule has 2 aliphatic heterocycles. The molecule has 0 bridgehead atoms. The molecule has 3 rings (SSSR count). The maximum absolute atomic E-state index is 12.2. The van der Waals surface area contributed by atoms with Gasteiger partial charge < -0.3 is 19.7 Å². The van der Waals surface area contributed by atoms with Gasteiger partial charge in [-0.15, -0.1) is 0 Å². The number of rotatable bonds is 2. The van der Waals surface area contributed by atoms with Gasteiger partial charge in [-0.2, -0.15) is 0 Å². The first-order valence-corrected chi connectivity index (χ1v) is 10.4. The zero-order valence-electron chi connectivity index (χ0n) is 19.0. The second kappa shape index (κ2) is 7.00. The van der Waals surface area contributed by atoms with Gasteiger partial charge in [0.15, 0.2) is 0 Å². The Balaban J connectivity index is 2.05. The van der Waals surface area contributed by atoms with E-state index < -0.39 is 30.0 Å². The molecule has 0 saturated carbocycles. The molecule has 7 heteroatoms. The van der Waals surface area contributed by atoms with E-state index in [4.69, 9.17) is 9.31 Å². The summed E-state index contributed by atoms with van der Waals surface area (Å²) in [4.78, 5) is 13.8. The minimum absolute atomic E-state index is 0.295. The fourth-order valence-electron chi connectivity index (χ4n) is 4.53. The van der Waals surface area contributed by atoms with Crippen LogP contribution in [0.4, 0.5) is 4.79 Å². The second-order valence-corrected chi connectivity index (χ2v) is 10.4. The van der Waals surface area contributed by atoms with E-state index in [1.807, 2.05) is 46.8 Å². The molecule has 6 nitrogen and oxygen atoms in total. The maximum Gasteiger partial charge on any atom is 0.495 e. The summed E-state index contributed by atoms with van der Waals surface area (Å²) in [7, 11) is -0.431. The molecule has 1 aromatic rings. The van der Waals surface area contributed by atoms with Crippen molar-refractivity contribution in [1.29, 1.82) is 0 Å². The van der Waals surface area contributed by atoms with Crippen molar-refractivity contribution in [3.63, 3.8) is 0 Å². The van der Waals surface area contributed by atoms with Gasteiger partial charge in [0.2, 0.25) is 0 Å². The summed E-state index contributed by atoms with van der Waals surface area (Å²) in [6, 6.07) is 6.19. The van der Waals surface area contributed by atoms with Gasteiger partial charge in [0.1, 0.15) is 0 Å². The Morgan fingerprint density at radius 3 is 2.24 bits per heavy atom. The molecule has 0 aliphatic carbocycles. The largest absolute Gasteiger partial charge is 0.495 e. The highest BCUT2D eigenvalue weighted by molar-refractivity contribution is 6.62. The van der Waals surface area contributed by atoms with E-state index in [1.54, 1.807) is 4.90 Å². The van der Waals surface area contributed by atoms with Crippen molar-refractivity contribution in [2.75, 3.05) is 19.6 Å². The summed E-state index contributed by atoms with van der Waals surface area (Å²) >= 11 is 0. The number of amides is 1. The van der Waals surface area contributed by atoms with Crippen LogP contribution in [0.2, 0.25) is 0 Å². The third-order valence-corrected chi connectivity index (χ3v) is 7.08. The average molecular weight is 402 g/mol. The first-order chi connectivity index (χ1) is 13.2. The molecule has 160 valence electrons. The molecule has 1 atom stereocenters. The minimum atomic E-state index is -0.880. The Hall–Kier alpha value is -1.57. The van der Waals surface area contributed by atoms with Crippen LogP contribution in [0.15, 0.2) is 18.2 Å². The van der Waals surface area contributed by atoms with Gasteiger partial charge >= 0.3 is 13.2 Å². The van der Waals surface area contributed by atoms with Crippen LogP contribution in [0.3, 0.4) is 0 Å². The van der Waals surface area contributed by atoms with Crippen LogP contribution in [0, 0.1) is 12.3 Å². The normalized spacial score (nSPS) is 26.6. The zero-order valence-corrected chi connectivity index (χ0v) is 19.0. The van der Waals surface area contributed by atoms with Gasteiger partial charge in [0.05, 0.1) is 16.7 Å². The highest BCUT2D eigenvalue weighted by Crippen LogP contribution is 2.45. The van der Waals surface area contributed by atoms with Crippen molar-refractivity contribution in [3.05, 3.63) is 29.3 Å². The standard InChI is InChI=1S/C22H35BN2O4/c1-15-13-16(9-10-17(15)23-28-20(5,6)21(7,8)29-23)22(19(2,3)4)14-24-11-12-25(22)18(26)27/h9-10,13,24H,11-12,14H2,1-8H3,(H,26,27). The lowest BCUT2D eigenvalue weighted by atomic mass is 9.66. The molecule has 0 spiro atoms. The lowest BCUT2D eigenvalue weighted by Gasteiger charge is -2.54. The lowest BCUT2D eigenvalue weighted by molar-refractivity contribution is -0.0184. The number of nitrogens with one attached hydrogen (secondary N) is 1. The molecule has 2 aliphatic rings. The molecule has 2 N–H and O–H groups in total. The second-order valence-electron chi connectivity index (χ2n) is 10.4. The Kier molecular flexibility index (Phi) is 5.34. The number of carboxylic acid groups (broad SMARTS) is 1. The van der Waals surface area contributed by atoms with Crippen molar-refractivity contribution in [2.24, 2.45) is 5.41 Å². The molecule has 1 unspecified atom stereocenters. The van der Waals surface area contributed by atoms with E-state index in [2.05, 4.69) is 32.2 Å². The summed E-state index contributed by atoms with van der Waals surface area (Å²) < 4.78 is 12.5. The van der Waals surface area contributed by atoms with E-state index in [1.165, 1.54) is 0 Å². The van der Waals surface area contributed by atoms with E-state index in [-0.39, 0.29) is 5.41 Å². The van der Waals surface area contributed by atoms with Gasteiger partial charge in [-0.25, -0.2) is 4.79 Å². The first-order valence-electron chi connectivity index (χ1n) is 10.4. The van der Waals surface area contributed by atoms with Crippen LogP contribution < -0.4 is 10.8 Å². The highest BCUT2D eigenvalue weighted by atomic mass is 16.7. The number of nitrogens with zero attached hydrogens (tertiary/aromatic N) is 1. The number of hydrogen-bond donors (Lipinski definition) is 2. The molecule has 2 saturated heterocycles. The fraction of sp³-hybridized carbons (Fsp3) is 0.682. The maximum atomic E-state index is 12.2. The van der Waals surface area contributed by atoms with Gasteiger partial charge in [-0.3, -0.25) is 4.90 Å². The minimum Gasteiger partial charge on any atom is -0.465 e. The summed E-state index contributed by atoms with van der Waals surface area (Å²) in [5.41, 5.74) is 1.28. The van der Waals surface area contributed by atoms with Gasteiger partial charge in [0, 0.05) is 19.6 Å². The number of carbonyl (C=O) groups is 1. The molecular formula is C22H35BN2O4. The van der Waals surface area contributed by atoms with Crippen LogP contribution >= 0.6 is 0 Å². The molecule has 0 aromatic heterocycles. The number of piperazine rings is 1. The number of aryl methyl sites for hydroxylation is 1. The summed E-state index contributed by atoms with van der Waals surface area (Å²) in [5, 5.41) is 13.4. The van der Waals surface area contributed by atoms with Crippen LogP contribution in [-0.2, 0) is 14.8 Å². The third-order valence-electron chi connectivity index (χ3n) is 7.08. The smallest absolute Gasteiger partial charge is 0.465 e. The zero-order chi connectivity index (χ0) is 21.8. The number of hydrogen-bond acceptors (Lipinski definition) is 4. The monoisotopic (exact) mass is 402 g/mol. The highest BCUT2D eigenvalue weighted by Gasteiger charge is 2.54. The van der Waals surface area contributed by atoms with Crippen molar-refractivity contribution in [3.8, 4) is 0 Å². The number of benzene rings is 1. The van der Waals surface area contributed by atoms with Gasteiger partial charge in [-0.05, 0) is 51.1 Å². The molecule has 0 radical (unpaired) electrons. The van der Waals surface area contributed by atoms with Crippen molar-refractivity contribution in [2.45, 2.75) is 72.1 Å². The molecule has 1 aromatic carbocycles. The van der Waals surface area contributed by atoms with Crippen LogP contribution in [0.5, 0.6) is 0 Å². The molecular weight excluding hydrogens is 367 g/mol. The quantitative estimate of drug-likeness (QED) is 0.744. The summed E-state index contributed by atoms with van der Waals surface area (Å²) in [6.07, 6.45) is -0.880. The van der Waals surface area contributed by atoms with Crippen LogP contribution in [0.1, 0.15) is 59.6 Å². The molecule has 2 heterocycles. The topological polar surface area (TPSA) is 71.0 Å². The first kappa shape index (κ1) is 22.1. The van der Waals surface area contributed by atoms with E-state index in [9.17, 15) is 9.90 Å². The fourth-order valence-corrected chi connectivity index (χ4v) is 4.53. The van der Waals surface area contributed by atoms with E-state index in [0.29, 0.717) is 19.6 Å². The Morgan fingerprint density at radius 1 is 1.17 bits per heavy atom. The SMILES string of the molecule is Cc1cc(C2(C(C)(C)C)CNCCN2C(=O)O)ccc1B1OC(C)(C)C(C)(C)O1. The van der Waals surface area contributed by atoms with Crippen LogP contribution in [-0.4, -0.2) is 54.1 Å². The molecule has 29 heavy (non-hydrogen) atoms. The van der Waals surface area contributed by atoms with Gasteiger partial charge in [0.25, 0.3) is 0 Å². The van der Waals surface area contributed by atoms with Crippen molar-refractivity contribution >= 4 is 18.7 Å². The van der Waals surface area contributed by atoms with Crippen molar-refractivity contribution < 1.29 is 19.2 Å². The predicted octanol–water partition coefficient (Wildman–Crippen LogP) is 3.12. The Labute approximate surface area is 175 Å². The lowest BCUT2D eigenvalue weighted by Crippen LogP contribution is -2.66.